The van der Waals surface area contributed by atoms with Crippen LogP contribution in [0.25, 0.3) is 0 Å². The number of nitrogens with zero attached hydrogens (tertiary/aromatic N) is 2. The lowest BCUT2D eigenvalue weighted by Crippen LogP contribution is -2.45. The van der Waals surface area contributed by atoms with Crippen LogP contribution in [-0.2, 0) is 0 Å². The van der Waals surface area contributed by atoms with Gasteiger partial charge >= 0.3 is 0 Å². The van der Waals surface area contributed by atoms with Gasteiger partial charge in [0.1, 0.15) is 4.60 Å². The molecule has 0 unspecified atom stereocenters. The van der Waals surface area contributed by atoms with Crippen LogP contribution in [0.1, 0.15) is 37.9 Å². The quantitative estimate of drug-likeness (QED) is 0.782. The minimum Gasteiger partial charge on any atom is -0.314 e. The summed E-state index contributed by atoms with van der Waals surface area (Å²) in [5.41, 5.74) is 1.21. The van der Waals surface area contributed by atoms with Crippen molar-refractivity contribution < 1.29 is 0 Å². The summed E-state index contributed by atoms with van der Waals surface area (Å²) in [5, 5.41) is 3.42. The van der Waals surface area contributed by atoms with Crippen LogP contribution in [0.2, 0.25) is 0 Å². The molecule has 6 heteroatoms. The van der Waals surface area contributed by atoms with E-state index in [0.717, 1.165) is 30.8 Å². The zero-order valence-corrected chi connectivity index (χ0v) is 15.1. The van der Waals surface area contributed by atoms with Crippen molar-refractivity contribution in [2.75, 3.05) is 26.2 Å². The molecule has 20 heavy (non-hydrogen) atoms. The molecule has 1 saturated heterocycles. The lowest BCUT2D eigenvalue weighted by Gasteiger charge is -2.34. The first-order chi connectivity index (χ1) is 8.81. The summed E-state index contributed by atoms with van der Waals surface area (Å²) in [7, 11) is 0. The molecule has 0 radical (unpaired) electrons. The number of halogens is 3. The molecular weight excluding hydrogens is 361 g/mol. The van der Waals surface area contributed by atoms with Crippen LogP contribution in [0, 0.1) is 0 Å². The molecule has 0 aliphatic carbocycles. The summed E-state index contributed by atoms with van der Waals surface area (Å²) in [6.45, 7) is 6.70. The second kappa shape index (κ2) is 10.8. The SMILES string of the molecule is CCCC[C@@H](c1cccc(Br)n1)N1CCNCC1.Cl.Cl. The van der Waals surface area contributed by atoms with Gasteiger partial charge in [0.25, 0.3) is 0 Å². The maximum atomic E-state index is 4.66. The summed E-state index contributed by atoms with van der Waals surface area (Å²) in [6.07, 6.45) is 3.72. The molecule has 3 nitrogen and oxygen atoms in total. The number of hydrogen-bond donors (Lipinski definition) is 1. The Morgan fingerprint density at radius 3 is 2.60 bits per heavy atom. The maximum Gasteiger partial charge on any atom is 0.106 e. The van der Waals surface area contributed by atoms with Gasteiger partial charge in [0.05, 0.1) is 11.7 Å². The fraction of sp³-hybridized carbons (Fsp3) is 0.643. The normalized spacial score (nSPS) is 16.9. The standard InChI is InChI=1S/C14H22BrN3.2ClH/c1-2-3-6-13(18-10-8-16-9-11-18)12-5-4-7-14(15)17-12;;/h4-5,7,13,16H,2-3,6,8-11H2,1H3;2*1H/t13-;;/m0../s1. The van der Waals surface area contributed by atoms with Crippen molar-refractivity contribution in [3.63, 3.8) is 0 Å². The fourth-order valence-electron chi connectivity index (χ4n) is 2.52. The first-order valence-electron chi connectivity index (χ1n) is 6.88. The average molecular weight is 385 g/mol. The number of hydrogen-bond acceptors (Lipinski definition) is 3. The van der Waals surface area contributed by atoms with Gasteiger partial charge in [-0.1, -0.05) is 25.8 Å². The van der Waals surface area contributed by atoms with Gasteiger partial charge in [-0.05, 0) is 34.5 Å². The monoisotopic (exact) mass is 383 g/mol. The molecule has 0 spiro atoms. The Morgan fingerprint density at radius 1 is 1.30 bits per heavy atom. The molecule has 0 amide bonds. The zero-order valence-electron chi connectivity index (χ0n) is 11.8. The molecule has 116 valence electrons. The van der Waals surface area contributed by atoms with Crippen molar-refractivity contribution in [2.24, 2.45) is 0 Å². The summed E-state index contributed by atoms with van der Waals surface area (Å²) < 4.78 is 0.941. The van der Waals surface area contributed by atoms with E-state index in [4.69, 9.17) is 0 Å². The van der Waals surface area contributed by atoms with Gasteiger partial charge < -0.3 is 5.32 Å². The Kier molecular flexibility index (Phi) is 10.9. The van der Waals surface area contributed by atoms with E-state index < -0.39 is 0 Å². The van der Waals surface area contributed by atoms with Crippen molar-refractivity contribution in [1.29, 1.82) is 0 Å². The highest BCUT2D eigenvalue weighted by atomic mass is 79.9. The second-order valence-electron chi connectivity index (χ2n) is 4.83. The Hall–Kier alpha value is 0.130. The molecule has 1 aromatic heterocycles. The molecule has 2 heterocycles. The van der Waals surface area contributed by atoms with Crippen molar-refractivity contribution in [2.45, 2.75) is 32.2 Å². The Labute approximate surface area is 142 Å². The van der Waals surface area contributed by atoms with E-state index in [1.54, 1.807) is 0 Å². The van der Waals surface area contributed by atoms with Crippen LogP contribution in [0.5, 0.6) is 0 Å². The van der Waals surface area contributed by atoms with E-state index in [1.165, 1.54) is 25.0 Å². The Morgan fingerprint density at radius 2 is 2.00 bits per heavy atom. The Bertz CT molecular complexity index is 373. The van der Waals surface area contributed by atoms with E-state index in [-0.39, 0.29) is 24.8 Å². The topological polar surface area (TPSA) is 28.2 Å². The number of piperazine rings is 1. The van der Waals surface area contributed by atoms with Crippen molar-refractivity contribution >= 4 is 40.7 Å². The second-order valence-corrected chi connectivity index (χ2v) is 5.64. The van der Waals surface area contributed by atoms with Gasteiger partial charge in [-0.3, -0.25) is 4.90 Å². The third kappa shape index (κ3) is 5.86. The molecule has 1 atom stereocenters. The van der Waals surface area contributed by atoms with E-state index in [9.17, 15) is 0 Å². The molecule has 2 rings (SSSR count). The third-order valence-electron chi connectivity index (χ3n) is 3.50. The summed E-state index contributed by atoms with van der Waals surface area (Å²) >= 11 is 3.48. The van der Waals surface area contributed by atoms with E-state index in [2.05, 4.69) is 50.2 Å². The zero-order chi connectivity index (χ0) is 12.8. The number of rotatable bonds is 5. The molecule has 0 bridgehead atoms. The van der Waals surface area contributed by atoms with Gasteiger partial charge in [-0.2, -0.15) is 0 Å². The molecule has 1 fully saturated rings. The first-order valence-corrected chi connectivity index (χ1v) is 7.68. The van der Waals surface area contributed by atoms with Crippen LogP contribution in [-0.4, -0.2) is 36.1 Å². The van der Waals surface area contributed by atoms with Crippen LogP contribution in [0.3, 0.4) is 0 Å². The number of unbranched alkanes of at least 4 members (excludes halogenated alkanes) is 1. The molecule has 0 saturated carbocycles. The predicted molar refractivity (Wildman–Crippen MR) is 93.1 cm³/mol. The molecule has 1 aliphatic rings. The van der Waals surface area contributed by atoms with Crippen molar-refractivity contribution in [3.8, 4) is 0 Å². The predicted octanol–water partition coefficient (Wildman–Crippen LogP) is 3.82. The number of pyridine rings is 1. The van der Waals surface area contributed by atoms with Crippen LogP contribution in [0.15, 0.2) is 22.8 Å². The van der Waals surface area contributed by atoms with Gasteiger partial charge in [-0.25, -0.2) is 4.98 Å². The first kappa shape index (κ1) is 20.1. The molecule has 0 aromatic carbocycles. The summed E-state index contributed by atoms with van der Waals surface area (Å²) in [5.74, 6) is 0. The summed E-state index contributed by atoms with van der Waals surface area (Å²) in [6, 6.07) is 6.73. The molecular formula is C14H24BrCl2N3. The highest BCUT2D eigenvalue weighted by Gasteiger charge is 2.22. The van der Waals surface area contributed by atoms with Crippen LogP contribution in [0.4, 0.5) is 0 Å². The Balaban J connectivity index is 0.00000180. The van der Waals surface area contributed by atoms with E-state index in [0.29, 0.717) is 6.04 Å². The fourth-order valence-corrected chi connectivity index (χ4v) is 2.88. The van der Waals surface area contributed by atoms with E-state index >= 15 is 0 Å². The number of nitrogens with one attached hydrogen (secondary N) is 1. The molecule has 1 aliphatic heterocycles. The minimum atomic E-state index is 0. The van der Waals surface area contributed by atoms with E-state index in [1.807, 2.05) is 6.07 Å². The highest BCUT2D eigenvalue weighted by molar-refractivity contribution is 9.10. The highest BCUT2D eigenvalue weighted by Crippen LogP contribution is 2.26. The van der Waals surface area contributed by atoms with Gasteiger partial charge in [-0.15, -0.1) is 24.8 Å². The maximum absolute atomic E-state index is 4.66. The van der Waals surface area contributed by atoms with Gasteiger partial charge in [0, 0.05) is 26.2 Å². The number of aromatic nitrogens is 1. The van der Waals surface area contributed by atoms with Crippen LogP contribution < -0.4 is 5.32 Å². The van der Waals surface area contributed by atoms with Gasteiger partial charge in [0.2, 0.25) is 0 Å². The molecule has 1 aromatic rings. The lowest BCUT2D eigenvalue weighted by molar-refractivity contribution is 0.160. The summed E-state index contributed by atoms with van der Waals surface area (Å²) in [4.78, 5) is 7.23. The average Bonchev–Trinajstić information content (AvgIpc) is 2.40. The van der Waals surface area contributed by atoms with Crippen molar-refractivity contribution in [1.82, 2.24) is 15.2 Å². The smallest absolute Gasteiger partial charge is 0.106 e. The third-order valence-corrected chi connectivity index (χ3v) is 3.94. The largest absolute Gasteiger partial charge is 0.314 e. The molecule has 1 N–H and O–H groups in total. The van der Waals surface area contributed by atoms with Gasteiger partial charge in [0.15, 0.2) is 0 Å². The van der Waals surface area contributed by atoms with Crippen molar-refractivity contribution in [3.05, 3.63) is 28.5 Å². The lowest BCUT2D eigenvalue weighted by atomic mass is 10.0. The minimum absolute atomic E-state index is 0. The van der Waals surface area contributed by atoms with Crippen LogP contribution >= 0.6 is 40.7 Å².